The normalized spacial score (nSPS) is 10.7. The van der Waals surface area contributed by atoms with Crippen molar-refractivity contribution in [2.45, 2.75) is 0 Å². The van der Waals surface area contributed by atoms with Crippen LogP contribution >= 0.6 is 0 Å². The summed E-state index contributed by atoms with van der Waals surface area (Å²) in [6.07, 6.45) is 2.44. The van der Waals surface area contributed by atoms with Crippen LogP contribution < -0.4 is 0 Å². The minimum absolute atomic E-state index is 0.0549. The van der Waals surface area contributed by atoms with Gasteiger partial charge in [0.2, 0.25) is 0 Å². The minimum Gasteiger partial charge on any atom is -0.289 e. The van der Waals surface area contributed by atoms with E-state index in [0.717, 1.165) is 18.2 Å². The van der Waals surface area contributed by atoms with Crippen LogP contribution in [0.15, 0.2) is 54.6 Å². The second kappa shape index (κ2) is 5.88. The van der Waals surface area contributed by atoms with Crippen molar-refractivity contribution in [2.24, 2.45) is 0 Å². The Morgan fingerprint density at radius 2 is 1.85 bits per heavy atom. The summed E-state index contributed by atoms with van der Waals surface area (Å²) in [5.41, 5.74) is 0.269. The molecule has 0 unspecified atom stereocenters. The highest BCUT2D eigenvalue weighted by atomic mass is 19.1. The number of nitro groups is 1. The van der Waals surface area contributed by atoms with Gasteiger partial charge in [-0.15, -0.1) is 0 Å². The number of nitro benzene ring substituents is 1. The Hall–Kier alpha value is -2.82. The molecule has 4 nitrogen and oxygen atoms in total. The summed E-state index contributed by atoms with van der Waals surface area (Å²) in [5.74, 6) is -0.897. The van der Waals surface area contributed by atoms with E-state index in [-0.39, 0.29) is 17.0 Å². The third-order valence-electron chi connectivity index (χ3n) is 2.66. The smallest absolute Gasteiger partial charge is 0.276 e. The standard InChI is InChI=1S/C15H10FNO3/c16-13-7-8-14(17(19)20)12(10-13)6-9-15(18)11-4-2-1-3-5-11/h1-10H/b9-6+. The minimum atomic E-state index is -0.619. The van der Waals surface area contributed by atoms with Gasteiger partial charge in [0, 0.05) is 11.6 Å². The molecule has 0 N–H and O–H groups in total. The highest BCUT2D eigenvalue weighted by molar-refractivity contribution is 6.06. The molecule has 0 aliphatic carbocycles. The highest BCUT2D eigenvalue weighted by Gasteiger charge is 2.12. The van der Waals surface area contributed by atoms with Crippen LogP contribution in [0.5, 0.6) is 0 Å². The van der Waals surface area contributed by atoms with Crippen LogP contribution in [0.4, 0.5) is 10.1 Å². The molecule has 0 heterocycles. The molecule has 0 aliphatic heterocycles. The lowest BCUT2D eigenvalue weighted by atomic mass is 10.1. The van der Waals surface area contributed by atoms with Gasteiger partial charge in [-0.2, -0.15) is 0 Å². The number of nitrogens with zero attached hydrogens (tertiary/aromatic N) is 1. The third kappa shape index (κ3) is 3.14. The van der Waals surface area contributed by atoms with Crippen molar-refractivity contribution in [1.29, 1.82) is 0 Å². The topological polar surface area (TPSA) is 60.2 Å². The molecule has 2 aromatic rings. The summed E-state index contributed by atoms with van der Waals surface area (Å²) in [7, 11) is 0. The first-order valence-electron chi connectivity index (χ1n) is 5.79. The fourth-order valence-corrected chi connectivity index (χ4v) is 1.69. The Balaban J connectivity index is 2.30. The van der Waals surface area contributed by atoms with E-state index >= 15 is 0 Å². The molecular weight excluding hydrogens is 261 g/mol. The largest absolute Gasteiger partial charge is 0.289 e. The van der Waals surface area contributed by atoms with Crippen molar-refractivity contribution < 1.29 is 14.1 Å². The molecule has 0 aliphatic rings. The Labute approximate surface area is 114 Å². The second-order valence-corrected chi connectivity index (χ2v) is 4.02. The number of hydrogen-bond acceptors (Lipinski definition) is 3. The summed E-state index contributed by atoms with van der Waals surface area (Å²) in [6, 6.07) is 11.6. The molecule has 0 saturated carbocycles. The molecule has 2 aromatic carbocycles. The van der Waals surface area contributed by atoms with Gasteiger partial charge in [-0.3, -0.25) is 14.9 Å². The quantitative estimate of drug-likeness (QED) is 0.369. The van der Waals surface area contributed by atoms with Crippen LogP contribution in [0, 0.1) is 15.9 Å². The maximum absolute atomic E-state index is 13.1. The number of halogens is 1. The Morgan fingerprint density at radius 1 is 1.15 bits per heavy atom. The average molecular weight is 271 g/mol. The average Bonchev–Trinajstić information content (AvgIpc) is 2.45. The maximum atomic E-state index is 13.1. The number of ketones is 1. The van der Waals surface area contributed by atoms with Gasteiger partial charge in [0.25, 0.3) is 5.69 Å². The molecular formula is C15H10FNO3. The number of benzene rings is 2. The molecule has 2 rings (SSSR count). The lowest BCUT2D eigenvalue weighted by Crippen LogP contribution is -1.95. The van der Waals surface area contributed by atoms with Crippen LogP contribution in [0.1, 0.15) is 15.9 Å². The lowest BCUT2D eigenvalue weighted by molar-refractivity contribution is -0.385. The van der Waals surface area contributed by atoms with Crippen molar-refractivity contribution in [3.63, 3.8) is 0 Å². The molecule has 0 spiro atoms. The van der Waals surface area contributed by atoms with Gasteiger partial charge in [-0.1, -0.05) is 30.3 Å². The summed E-state index contributed by atoms with van der Waals surface area (Å²) in [5, 5.41) is 10.8. The SMILES string of the molecule is O=C(/C=C/c1cc(F)ccc1[N+](=O)[O-])c1ccccc1. The zero-order valence-electron chi connectivity index (χ0n) is 10.3. The molecule has 0 fully saturated rings. The fraction of sp³-hybridized carbons (Fsp3) is 0. The molecule has 0 aromatic heterocycles. The highest BCUT2D eigenvalue weighted by Crippen LogP contribution is 2.21. The summed E-state index contributed by atoms with van der Waals surface area (Å²) in [6.45, 7) is 0. The predicted octanol–water partition coefficient (Wildman–Crippen LogP) is 3.63. The van der Waals surface area contributed by atoms with E-state index in [1.807, 2.05) is 0 Å². The number of carbonyl (C=O) groups excluding carboxylic acids is 1. The van der Waals surface area contributed by atoms with Crippen LogP contribution in [0.3, 0.4) is 0 Å². The fourth-order valence-electron chi connectivity index (χ4n) is 1.69. The second-order valence-electron chi connectivity index (χ2n) is 4.02. The molecule has 20 heavy (non-hydrogen) atoms. The Kier molecular flexibility index (Phi) is 4.00. The number of carbonyl (C=O) groups is 1. The zero-order valence-corrected chi connectivity index (χ0v) is 10.3. The lowest BCUT2D eigenvalue weighted by Gasteiger charge is -1.98. The monoisotopic (exact) mass is 271 g/mol. The Bertz CT molecular complexity index is 681. The summed E-state index contributed by atoms with van der Waals surface area (Å²) < 4.78 is 13.1. The van der Waals surface area contributed by atoms with Gasteiger partial charge in [-0.25, -0.2) is 4.39 Å². The molecule has 0 bridgehead atoms. The van der Waals surface area contributed by atoms with E-state index in [1.54, 1.807) is 30.3 Å². The zero-order chi connectivity index (χ0) is 14.5. The van der Waals surface area contributed by atoms with Crippen LogP contribution in [-0.4, -0.2) is 10.7 Å². The number of hydrogen-bond donors (Lipinski definition) is 0. The van der Waals surface area contributed by atoms with Gasteiger partial charge in [0.15, 0.2) is 5.78 Å². The van der Waals surface area contributed by atoms with Crippen LogP contribution in [0.25, 0.3) is 6.08 Å². The molecule has 0 amide bonds. The number of allylic oxidation sites excluding steroid dienone is 1. The number of rotatable bonds is 4. The molecule has 0 saturated heterocycles. The first kappa shape index (κ1) is 13.6. The first-order chi connectivity index (χ1) is 9.58. The Morgan fingerprint density at radius 3 is 2.50 bits per heavy atom. The third-order valence-corrected chi connectivity index (χ3v) is 2.66. The van der Waals surface area contributed by atoms with E-state index in [2.05, 4.69) is 0 Å². The van der Waals surface area contributed by atoms with E-state index in [4.69, 9.17) is 0 Å². The van der Waals surface area contributed by atoms with Gasteiger partial charge in [0.1, 0.15) is 5.82 Å². The van der Waals surface area contributed by atoms with Gasteiger partial charge >= 0.3 is 0 Å². The van der Waals surface area contributed by atoms with Crippen molar-refractivity contribution in [2.75, 3.05) is 0 Å². The van der Waals surface area contributed by atoms with E-state index in [9.17, 15) is 19.3 Å². The molecule has 5 heteroatoms. The van der Waals surface area contributed by atoms with E-state index in [1.165, 1.54) is 12.2 Å². The molecule has 0 radical (unpaired) electrons. The van der Waals surface area contributed by atoms with Crippen molar-refractivity contribution in [3.05, 3.63) is 81.7 Å². The summed E-state index contributed by atoms with van der Waals surface area (Å²) in [4.78, 5) is 22.0. The maximum Gasteiger partial charge on any atom is 0.276 e. The van der Waals surface area contributed by atoms with Crippen molar-refractivity contribution in [3.8, 4) is 0 Å². The first-order valence-corrected chi connectivity index (χ1v) is 5.79. The van der Waals surface area contributed by atoms with E-state index < -0.39 is 10.7 Å². The molecule has 100 valence electrons. The van der Waals surface area contributed by atoms with Gasteiger partial charge < -0.3 is 0 Å². The van der Waals surface area contributed by atoms with Crippen LogP contribution in [0.2, 0.25) is 0 Å². The summed E-state index contributed by atoms with van der Waals surface area (Å²) >= 11 is 0. The van der Waals surface area contributed by atoms with E-state index in [0.29, 0.717) is 5.56 Å². The van der Waals surface area contributed by atoms with Gasteiger partial charge in [-0.05, 0) is 24.3 Å². The van der Waals surface area contributed by atoms with Crippen molar-refractivity contribution in [1.82, 2.24) is 0 Å². The van der Waals surface area contributed by atoms with Crippen LogP contribution in [-0.2, 0) is 0 Å². The van der Waals surface area contributed by atoms with Crippen molar-refractivity contribution >= 4 is 17.5 Å². The molecule has 0 atom stereocenters. The van der Waals surface area contributed by atoms with Gasteiger partial charge in [0.05, 0.1) is 10.5 Å². The predicted molar refractivity (Wildman–Crippen MR) is 72.9 cm³/mol.